The van der Waals surface area contributed by atoms with Gasteiger partial charge in [-0.2, -0.15) is 0 Å². The minimum absolute atomic E-state index is 0.0755. The number of aliphatic hydroxyl groups is 1. The van der Waals surface area contributed by atoms with Crippen LogP contribution in [-0.2, 0) is 6.61 Å². The van der Waals surface area contributed by atoms with E-state index in [9.17, 15) is 8.78 Å². The van der Waals surface area contributed by atoms with Crippen LogP contribution in [0.2, 0.25) is 0 Å². The predicted molar refractivity (Wildman–Crippen MR) is 46.8 cm³/mol. The largest absolute Gasteiger partial charge is 0.458 e. The molecule has 2 aromatic rings. The van der Waals surface area contributed by atoms with Crippen LogP contribution in [0.15, 0.2) is 16.5 Å². The summed E-state index contributed by atoms with van der Waals surface area (Å²) in [6.45, 7) is 1.30. The monoisotopic (exact) mass is 198 g/mol. The molecule has 2 rings (SSSR count). The summed E-state index contributed by atoms with van der Waals surface area (Å²) in [6, 6.07) is 2.38. The zero-order valence-corrected chi connectivity index (χ0v) is 7.47. The molecule has 0 amide bonds. The Morgan fingerprint density at radius 1 is 1.36 bits per heavy atom. The summed E-state index contributed by atoms with van der Waals surface area (Å²) in [6.07, 6.45) is 0. The average Bonchev–Trinajstić information content (AvgIpc) is 2.58. The van der Waals surface area contributed by atoms with Gasteiger partial charge in [-0.1, -0.05) is 0 Å². The fourth-order valence-electron chi connectivity index (χ4n) is 1.42. The van der Waals surface area contributed by atoms with Crippen LogP contribution >= 0.6 is 0 Å². The average molecular weight is 198 g/mol. The summed E-state index contributed by atoms with van der Waals surface area (Å²) in [5.74, 6) is -1.61. The van der Waals surface area contributed by atoms with E-state index in [-0.39, 0.29) is 23.3 Å². The van der Waals surface area contributed by atoms with Gasteiger partial charge in [0, 0.05) is 0 Å². The molecule has 0 saturated carbocycles. The Bertz CT molecular complexity index is 488. The molecule has 0 atom stereocenters. The van der Waals surface area contributed by atoms with E-state index in [4.69, 9.17) is 9.52 Å². The number of fused-ring (bicyclic) bond motifs is 1. The molecular formula is C10H8F2O2. The Kier molecular flexibility index (Phi) is 2.00. The van der Waals surface area contributed by atoms with E-state index in [1.54, 1.807) is 6.92 Å². The van der Waals surface area contributed by atoms with Crippen LogP contribution in [0.5, 0.6) is 0 Å². The smallest absolute Gasteiger partial charge is 0.169 e. The number of aliphatic hydroxyl groups excluding tert-OH is 1. The first kappa shape index (κ1) is 9.15. The highest BCUT2D eigenvalue weighted by atomic mass is 19.2. The lowest BCUT2D eigenvalue weighted by Crippen LogP contribution is -1.86. The summed E-state index contributed by atoms with van der Waals surface area (Å²) in [5, 5.41) is 8.86. The molecule has 0 bridgehead atoms. The van der Waals surface area contributed by atoms with Gasteiger partial charge in [-0.15, -0.1) is 0 Å². The van der Waals surface area contributed by atoms with Gasteiger partial charge in [0.1, 0.15) is 18.0 Å². The maximum absolute atomic E-state index is 13.2. The molecule has 14 heavy (non-hydrogen) atoms. The van der Waals surface area contributed by atoms with Crippen LogP contribution in [0, 0.1) is 18.6 Å². The van der Waals surface area contributed by atoms with E-state index in [0.717, 1.165) is 6.07 Å². The molecule has 2 nitrogen and oxygen atoms in total. The van der Waals surface area contributed by atoms with Crippen molar-refractivity contribution >= 4 is 11.0 Å². The second kappa shape index (κ2) is 3.06. The third-order valence-corrected chi connectivity index (χ3v) is 2.09. The van der Waals surface area contributed by atoms with E-state index in [1.807, 2.05) is 0 Å². The number of aryl methyl sites for hydroxylation is 1. The maximum Gasteiger partial charge on any atom is 0.169 e. The SMILES string of the molecule is Cc1cc(F)c(F)c2cc(CO)oc12. The number of rotatable bonds is 1. The quantitative estimate of drug-likeness (QED) is 0.763. The van der Waals surface area contributed by atoms with Crippen LogP contribution in [0.4, 0.5) is 8.78 Å². The highest BCUT2D eigenvalue weighted by Crippen LogP contribution is 2.27. The van der Waals surface area contributed by atoms with Crippen molar-refractivity contribution in [1.29, 1.82) is 0 Å². The Balaban J connectivity index is 2.84. The van der Waals surface area contributed by atoms with Gasteiger partial charge < -0.3 is 9.52 Å². The molecule has 0 aliphatic carbocycles. The molecular weight excluding hydrogens is 190 g/mol. The summed E-state index contributed by atoms with van der Waals surface area (Å²) in [5.41, 5.74) is 0.798. The topological polar surface area (TPSA) is 33.4 Å². The highest BCUT2D eigenvalue weighted by Gasteiger charge is 2.14. The molecule has 1 aromatic heterocycles. The zero-order chi connectivity index (χ0) is 10.3. The van der Waals surface area contributed by atoms with Gasteiger partial charge in [0.2, 0.25) is 0 Å². The Morgan fingerprint density at radius 3 is 2.71 bits per heavy atom. The van der Waals surface area contributed by atoms with Gasteiger partial charge in [-0.05, 0) is 24.6 Å². The molecule has 0 aliphatic rings. The normalized spacial score (nSPS) is 11.1. The number of hydrogen-bond donors (Lipinski definition) is 1. The van der Waals surface area contributed by atoms with Crippen molar-refractivity contribution in [2.45, 2.75) is 13.5 Å². The fraction of sp³-hybridized carbons (Fsp3) is 0.200. The van der Waals surface area contributed by atoms with Crippen molar-refractivity contribution in [3.8, 4) is 0 Å². The van der Waals surface area contributed by atoms with Gasteiger partial charge in [-0.3, -0.25) is 0 Å². The van der Waals surface area contributed by atoms with Crippen molar-refractivity contribution in [2.75, 3.05) is 0 Å². The van der Waals surface area contributed by atoms with E-state index in [1.165, 1.54) is 6.07 Å². The van der Waals surface area contributed by atoms with Gasteiger partial charge in [-0.25, -0.2) is 8.78 Å². The van der Waals surface area contributed by atoms with Gasteiger partial charge in [0.05, 0.1) is 5.39 Å². The molecule has 74 valence electrons. The minimum Gasteiger partial charge on any atom is -0.458 e. The van der Waals surface area contributed by atoms with Crippen molar-refractivity contribution in [3.05, 3.63) is 35.1 Å². The lowest BCUT2D eigenvalue weighted by molar-refractivity contribution is 0.251. The molecule has 4 heteroatoms. The van der Waals surface area contributed by atoms with Gasteiger partial charge >= 0.3 is 0 Å². The van der Waals surface area contributed by atoms with Crippen molar-refractivity contribution in [2.24, 2.45) is 0 Å². The van der Waals surface area contributed by atoms with Crippen LogP contribution in [0.25, 0.3) is 11.0 Å². The number of halogens is 2. The second-order valence-electron chi connectivity index (χ2n) is 3.10. The van der Waals surface area contributed by atoms with Crippen molar-refractivity contribution in [3.63, 3.8) is 0 Å². The molecule has 0 fully saturated rings. The predicted octanol–water partition coefficient (Wildman–Crippen LogP) is 2.51. The summed E-state index contributed by atoms with van der Waals surface area (Å²) >= 11 is 0. The number of benzene rings is 1. The van der Waals surface area contributed by atoms with Crippen molar-refractivity contribution in [1.82, 2.24) is 0 Å². The summed E-state index contributed by atoms with van der Waals surface area (Å²) < 4.78 is 31.3. The summed E-state index contributed by atoms with van der Waals surface area (Å²) in [7, 11) is 0. The Hall–Kier alpha value is -1.42. The van der Waals surface area contributed by atoms with E-state index < -0.39 is 11.6 Å². The van der Waals surface area contributed by atoms with E-state index in [0.29, 0.717) is 5.56 Å². The van der Waals surface area contributed by atoms with E-state index >= 15 is 0 Å². The Labute approximate surface area is 78.8 Å². The van der Waals surface area contributed by atoms with Crippen LogP contribution in [0.1, 0.15) is 11.3 Å². The standard InChI is InChI=1S/C10H8F2O2/c1-5-2-8(11)9(12)7-3-6(4-13)14-10(5)7/h2-3,13H,4H2,1H3. The lowest BCUT2D eigenvalue weighted by atomic mass is 10.1. The molecule has 1 heterocycles. The van der Waals surface area contributed by atoms with Crippen LogP contribution < -0.4 is 0 Å². The van der Waals surface area contributed by atoms with Gasteiger partial charge in [0.15, 0.2) is 11.6 Å². The Morgan fingerprint density at radius 2 is 2.07 bits per heavy atom. The lowest BCUT2D eigenvalue weighted by Gasteiger charge is -1.97. The second-order valence-corrected chi connectivity index (χ2v) is 3.10. The molecule has 1 aromatic carbocycles. The molecule has 0 spiro atoms. The zero-order valence-electron chi connectivity index (χ0n) is 7.47. The van der Waals surface area contributed by atoms with E-state index in [2.05, 4.69) is 0 Å². The molecule has 0 saturated heterocycles. The molecule has 0 aliphatic heterocycles. The maximum atomic E-state index is 13.2. The van der Waals surface area contributed by atoms with Gasteiger partial charge in [0.25, 0.3) is 0 Å². The molecule has 0 unspecified atom stereocenters. The minimum atomic E-state index is -0.936. The third kappa shape index (κ3) is 1.19. The first-order chi connectivity index (χ1) is 6.63. The third-order valence-electron chi connectivity index (χ3n) is 2.09. The molecule has 1 N–H and O–H groups in total. The summed E-state index contributed by atoms with van der Waals surface area (Å²) in [4.78, 5) is 0. The first-order valence-corrected chi connectivity index (χ1v) is 4.11. The molecule has 0 radical (unpaired) electrons. The fourth-order valence-corrected chi connectivity index (χ4v) is 1.42. The van der Waals surface area contributed by atoms with Crippen LogP contribution in [-0.4, -0.2) is 5.11 Å². The van der Waals surface area contributed by atoms with Crippen molar-refractivity contribution < 1.29 is 18.3 Å². The van der Waals surface area contributed by atoms with Crippen LogP contribution in [0.3, 0.4) is 0 Å². The first-order valence-electron chi connectivity index (χ1n) is 4.11. The highest BCUT2D eigenvalue weighted by molar-refractivity contribution is 5.81. The number of furan rings is 1. The number of hydrogen-bond acceptors (Lipinski definition) is 2.